The zero-order valence-corrected chi connectivity index (χ0v) is 14.5. The summed E-state index contributed by atoms with van der Waals surface area (Å²) in [6.07, 6.45) is 4.19. The van der Waals surface area contributed by atoms with Gasteiger partial charge in [-0.15, -0.1) is 0 Å². The van der Waals surface area contributed by atoms with Crippen LogP contribution in [0.5, 0.6) is 5.75 Å². The third kappa shape index (κ3) is 4.38. The normalized spacial score (nSPS) is 22.8. The average molecular weight is 358 g/mol. The highest BCUT2D eigenvalue weighted by Crippen LogP contribution is 2.36. The molecule has 1 heterocycles. The minimum atomic E-state index is -1.03. The van der Waals surface area contributed by atoms with Crippen molar-refractivity contribution in [2.45, 2.75) is 50.2 Å². The Morgan fingerprint density at radius 1 is 1.23 bits per heavy atom. The number of aryl methyl sites for hydroxylation is 1. The molecule has 0 bridgehead atoms. The molecule has 0 aliphatic heterocycles. The van der Waals surface area contributed by atoms with E-state index in [1.54, 1.807) is 24.3 Å². The summed E-state index contributed by atoms with van der Waals surface area (Å²) in [6, 6.07) is 9.61. The van der Waals surface area contributed by atoms with Gasteiger partial charge >= 0.3 is 0 Å². The lowest BCUT2D eigenvalue weighted by Crippen LogP contribution is -2.42. The van der Waals surface area contributed by atoms with Gasteiger partial charge in [0.25, 0.3) is 0 Å². The van der Waals surface area contributed by atoms with E-state index in [-0.39, 0.29) is 29.9 Å². The lowest BCUT2D eigenvalue weighted by molar-refractivity contribution is -0.122. The first-order valence-electron chi connectivity index (χ1n) is 8.87. The highest BCUT2D eigenvalue weighted by atomic mass is 19.1. The van der Waals surface area contributed by atoms with Crippen LogP contribution in [0.15, 0.2) is 42.6 Å². The van der Waals surface area contributed by atoms with Gasteiger partial charge in [-0.1, -0.05) is 18.2 Å². The van der Waals surface area contributed by atoms with E-state index in [1.165, 1.54) is 18.3 Å². The number of nitrogens with zero attached hydrogens (tertiary/aromatic N) is 1. The zero-order chi connectivity index (χ0) is 18.6. The number of nitrogens with one attached hydrogen (secondary N) is 1. The van der Waals surface area contributed by atoms with E-state index in [4.69, 9.17) is 0 Å². The number of aliphatic hydroxyl groups is 1. The third-order valence-electron chi connectivity index (χ3n) is 4.98. The van der Waals surface area contributed by atoms with Crippen molar-refractivity contribution in [1.29, 1.82) is 0 Å². The number of carbonyl (C=O) groups excluding carboxylic acids is 1. The molecule has 1 aliphatic carbocycles. The van der Waals surface area contributed by atoms with Crippen LogP contribution in [0.1, 0.15) is 43.4 Å². The van der Waals surface area contributed by atoms with Crippen molar-refractivity contribution in [3.8, 4) is 5.75 Å². The van der Waals surface area contributed by atoms with Crippen LogP contribution in [0.3, 0.4) is 0 Å². The smallest absolute Gasteiger partial charge is 0.220 e. The number of benzene rings is 1. The molecule has 0 atom stereocenters. The van der Waals surface area contributed by atoms with E-state index in [9.17, 15) is 19.4 Å². The maximum Gasteiger partial charge on any atom is 0.220 e. The SMILES string of the molecule is O=C(CCc1ccccc1F)NC1CCC(O)(c2ccc(O)cn2)CC1. The molecule has 1 aromatic heterocycles. The quantitative estimate of drug-likeness (QED) is 0.768. The van der Waals surface area contributed by atoms with Gasteiger partial charge in [-0.3, -0.25) is 9.78 Å². The molecule has 0 unspecified atom stereocenters. The summed E-state index contributed by atoms with van der Waals surface area (Å²) in [7, 11) is 0. The van der Waals surface area contributed by atoms with Crippen molar-refractivity contribution < 1.29 is 19.4 Å². The summed E-state index contributed by atoms with van der Waals surface area (Å²) in [6.45, 7) is 0. The third-order valence-corrected chi connectivity index (χ3v) is 4.98. The van der Waals surface area contributed by atoms with Crippen molar-refractivity contribution in [1.82, 2.24) is 10.3 Å². The fourth-order valence-corrected chi connectivity index (χ4v) is 3.41. The summed E-state index contributed by atoms with van der Waals surface area (Å²) in [5.41, 5.74) is 0.0564. The number of hydrogen-bond donors (Lipinski definition) is 3. The Morgan fingerprint density at radius 2 is 1.96 bits per heavy atom. The molecule has 0 spiro atoms. The summed E-state index contributed by atoms with van der Waals surface area (Å²) < 4.78 is 13.6. The number of amides is 1. The number of pyridine rings is 1. The molecule has 1 aromatic carbocycles. The highest BCUT2D eigenvalue weighted by molar-refractivity contribution is 5.76. The maximum absolute atomic E-state index is 13.6. The minimum Gasteiger partial charge on any atom is -0.506 e. The lowest BCUT2D eigenvalue weighted by atomic mass is 9.80. The monoisotopic (exact) mass is 358 g/mol. The van der Waals surface area contributed by atoms with Crippen molar-refractivity contribution >= 4 is 5.91 Å². The number of carbonyl (C=O) groups is 1. The first kappa shape index (κ1) is 18.3. The fourth-order valence-electron chi connectivity index (χ4n) is 3.41. The molecule has 3 rings (SSSR count). The second-order valence-electron chi connectivity index (χ2n) is 6.87. The average Bonchev–Trinajstić information content (AvgIpc) is 2.64. The molecular formula is C20H23FN2O3. The standard InChI is InChI=1S/C20H23FN2O3/c21-17-4-2-1-3-14(17)5-8-19(25)23-15-9-11-20(26,12-10-15)18-7-6-16(24)13-22-18/h1-4,6-7,13,15,24,26H,5,8-12H2,(H,23,25). The first-order chi connectivity index (χ1) is 12.5. The van der Waals surface area contributed by atoms with Gasteiger partial charge in [0.1, 0.15) is 17.2 Å². The van der Waals surface area contributed by atoms with Crippen LogP contribution in [0, 0.1) is 5.82 Å². The molecule has 26 heavy (non-hydrogen) atoms. The molecule has 1 aliphatic rings. The minimum absolute atomic E-state index is 0.000473. The van der Waals surface area contributed by atoms with Gasteiger partial charge in [0.15, 0.2) is 0 Å². The van der Waals surface area contributed by atoms with Crippen LogP contribution in [-0.4, -0.2) is 27.1 Å². The molecule has 5 nitrogen and oxygen atoms in total. The maximum atomic E-state index is 13.6. The Kier molecular flexibility index (Phi) is 5.52. The first-order valence-corrected chi connectivity index (χ1v) is 8.87. The number of aromatic hydroxyl groups is 1. The Balaban J connectivity index is 1.48. The van der Waals surface area contributed by atoms with Crippen LogP contribution in [0.4, 0.5) is 4.39 Å². The largest absolute Gasteiger partial charge is 0.506 e. The van der Waals surface area contributed by atoms with Gasteiger partial charge in [-0.05, 0) is 55.9 Å². The van der Waals surface area contributed by atoms with Crippen LogP contribution in [-0.2, 0) is 16.8 Å². The predicted molar refractivity (Wildman–Crippen MR) is 94.9 cm³/mol. The van der Waals surface area contributed by atoms with Gasteiger partial charge in [-0.25, -0.2) is 4.39 Å². The van der Waals surface area contributed by atoms with Crippen LogP contribution in [0.2, 0.25) is 0 Å². The number of hydrogen-bond acceptors (Lipinski definition) is 4. The molecule has 0 radical (unpaired) electrons. The van der Waals surface area contributed by atoms with Gasteiger partial charge in [-0.2, -0.15) is 0 Å². The van der Waals surface area contributed by atoms with Crippen molar-refractivity contribution in [3.63, 3.8) is 0 Å². The predicted octanol–water partition coefficient (Wildman–Crippen LogP) is 2.81. The van der Waals surface area contributed by atoms with Gasteiger partial charge in [0, 0.05) is 12.5 Å². The number of halogens is 1. The Hall–Kier alpha value is -2.47. The lowest BCUT2D eigenvalue weighted by Gasteiger charge is -2.35. The summed E-state index contributed by atoms with van der Waals surface area (Å²) in [5.74, 6) is -0.330. The molecule has 138 valence electrons. The van der Waals surface area contributed by atoms with Gasteiger partial charge in [0.2, 0.25) is 5.91 Å². The molecular weight excluding hydrogens is 335 g/mol. The Bertz CT molecular complexity index is 756. The van der Waals surface area contributed by atoms with Crippen LogP contribution < -0.4 is 5.32 Å². The molecule has 1 amide bonds. The molecule has 0 saturated heterocycles. The number of aromatic nitrogens is 1. The molecule has 1 saturated carbocycles. The van der Waals surface area contributed by atoms with E-state index in [2.05, 4.69) is 10.3 Å². The number of rotatable bonds is 5. The van der Waals surface area contributed by atoms with Crippen LogP contribution >= 0.6 is 0 Å². The summed E-state index contributed by atoms with van der Waals surface area (Å²) >= 11 is 0. The van der Waals surface area contributed by atoms with E-state index in [0.29, 0.717) is 43.4 Å². The van der Waals surface area contributed by atoms with Gasteiger partial charge < -0.3 is 15.5 Å². The topological polar surface area (TPSA) is 82.5 Å². The van der Waals surface area contributed by atoms with E-state index in [1.807, 2.05) is 0 Å². The summed E-state index contributed by atoms with van der Waals surface area (Å²) in [4.78, 5) is 16.2. The summed E-state index contributed by atoms with van der Waals surface area (Å²) in [5, 5.41) is 23.1. The van der Waals surface area contributed by atoms with Crippen LogP contribution in [0.25, 0.3) is 0 Å². The molecule has 6 heteroatoms. The molecule has 3 N–H and O–H groups in total. The Labute approximate surface area is 151 Å². The second kappa shape index (κ2) is 7.83. The van der Waals surface area contributed by atoms with Crippen molar-refractivity contribution in [2.75, 3.05) is 0 Å². The molecule has 2 aromatic rings. The van der Waals surface area contributed by atoms with E-state index in [0.717, 1.165) is 0 Å². The fraction of sp³-hybridized carbons (Fsp3) is 0.400. The van der Waals surface area contributed by atoms with Crippen molar-refractivity contribution in [2.24, 2.45) is 0 Å². The molecule has 1 fully saturated rings. The van der Waals surface area contributed by atoms with E-state index >= 15 is 0 Å². The Morgan fingerprint density at radius 3 is 2.62 bits per heavy atom. The second-order valence-corrected chi connectivity index (χ2v) is 6.87. The van der Waals surface area contributed by atoms with Crippen molar-refractivity contribution in [3.05, 3.63) is 59.7 Å². The highest BCUT2D eigenvalue weighted by Gasteiger charge is 2.36. The van der Waals surface area contributed by atoms with E-state index < -0.39 is 5.60 Å². The zero-order valence-electron chi connectivity index (χ0n) is 14.5. The van der Waals surface area contributed by atoms with Gasteiger partial charge in [0.05, 0.1) is 11.9 Å².